The molecule has 2 aliphatic rings. The molecule has 0 aromatic carbocycles. The molecule has 2 saturated heterocycles. The minimum atomic E-state index is -0.0980. The fraction of sp³-hybridized carbons (Fsp3) is 0.647. The van der Waals surface area contributed by atoms with Gasteiger partial charge < -0.3 is 19.0 Å². The average Bonchev–Trinajstić information content (AvgIpc) is 3.27. The molecule has 132 valence electrons. The van der Waals surface area contributed by atoms with Crippen molar-refractivity contribution in [2.24, 2.45) is 0 Å². The van der Waals surface area contributed by atoms with Crippen LogP contribution in [-0.4, -0.2) is 85.0 Å². The van der Waals surface area contributed by atoms with E-state index in [1.807, 2.05) is 4.90 Å². The Labute approximate surface area is 142 Å². The molecule has 3 heterocycles. The number of ether oxygens (including phenoxy) is 1. The lowest BCUT2D eigenvalue weighted by Crippen LogP contribution is -2.47. The number of hydrogen-bond donors (Lipinski definition) is 0. The largest absolute Gasteiger partial charge is 0.459 e. The number of likely N-dealkylation sites (tertiary alicyclic amines) is 1. The van der Waals surface area contributed by atoms with Crippen molar-refractivity contribution >= 4 is 11.8 Å². The van der Waals surface area contributed by atoms with E-state index in [1.54, 1.807) is 24.0 Å². The Kier molecular flexibility index (Phi) is 5.52. The van der Waals surface area contributed by atoms with Gasteiger partial charge in [0.25, 0.3) is 5.91 Å². The number of hydrogen-bond acceptors (Lipinski definition) is 5. The van der Waals surface area contributed by atoms with Gasteiger partial charge in [-0.15, -0.1) is 0 Å². The summed E-state index contributed by atoms with van der Waals surface area (Å²) in [6.45, 7) is 7.74. The molecule has 3 rings (SSSR count). The Bertz CT molecular complexity index is 554. The van der Waals surface area contributed by atoms with Gasteiger partial charge in [0.1, 0.15) is 0 Å². The highest BCUT2D eigenvalue weighted by Crippen LogP contribution is 2.19. The van der Waals surface area contributed by atoms with E-state index < -0.39 is 0 Å². The van der Waals surface area contributed by atoms with Crippen molar-refractivity contribution in [2.45, 2.75) is 19.4 Å². The first-order valence-corrected chi connectivity index (χ1v) is 8.55. The van der Waals surface area contributed by atoms with Crippen molar-refractivity contribution in [1.29, 1.82) is 0 Å². The van der Waals surface area contributed by atoms with Gasteiger partial charge in [0.05, 0.1) is 25.5 Å². The summed E-state index contributed by atoms with van der Waals surface area (Å²) in [5, 5.41) is 0. The van der Waals surface area contributed by atoms with Crippen LogP contribution in [0, 0.1) is 0 Å². The van der Waals surface area contributed by atoms with Gasteiger partial charge in [-0.3, -0.25) is 14.5 Å². The number of furan rings is 1. The number of amides is 2. The van der Waals surface area contributed by atoms with E-state index in [9.17, 15) is 9.59 Å². The standard InChI is InChI=1S/C17H25N3O4/c1-14(21)20(7-6-18-8-11-23-12-9-18)15-4-5-19(13-15)17(22)16-3-2-10-24-16/h2-3,10,15H,4-9,11-13H2,1H3. The maximum Gasteiger partial charge on any atom is 0.289 e. The van der Waals surface area contributed by atoms with Gasteiger partial charge in [0.15, 0.2) is 5.76 Å². The molecule has 2 fully saturated rings. The van der Waals surface area contributed by atoms with Crippen LogP contribution >= 0.6 is 0 Å². The van der Waals surface area contributed by atoms with E-state index in [1.165, 1.54) is 6.26 Å². The normalized spacial score (nSPS) is 21.9. The number of nitrogens with zero attached hydrogens (tertiary/aromatic N) is 3. The lowest BCUT2D eigenvalue weighted by Gasteiger charge is -2.32. The predicted octanol–water partition coefficient (Wildman–Crippen LogP) is 0.675. The van der Waals surface area contributed by atoms with Gasteiger partial charge in [-0.2, -0.15) is 0 Å². The minimum Gasteiger partial charge on any atom is -0.459 e. The first kappa shape index (κ1) is 17.0. The monoisotopic (exact) mass is 335 g/mol. The summed E-state index contributed by atoms with van der Waals surface area (Å²) < 4.78 is 10.5. The lowest BCUT2D eigenvalue weighted by molar-refractivity contribution is -0.131. The van der Waals surface area contributed by atoms with Gasteiger partial charge in [0, 0.05) is 46.2 Å². The molecule has 1 aromatic rings. The van der Waals surface area contributed by atoms with Crippen LogP contribution < -0.4 is 0 Å². The number of carbonyl (C=O) groups is 2. The Morgan fingerprint density at radius 1 is 1.29 bits per heavy atom. The molecule has 2 aliphatic heterocycles. The molecular formula is C17H25N3O4. The van der Waals surface area contributed by atoms with Gasteiger partial charge in [-0.25, -0.2) is 0 Å². The molecular weight excluding hydrogens is 310 g/mol. The molecule has 1 atom stereocenters. The summed E-state index contributed by atoms with van der Waals surface area (Å²) in [6.07, 6.45) is 2.32. The molecule has 24 heavy (non-hydrogen) atoms. The van der Waals surface area contributed by atoms with Gasteiger partial charge in [-0.1, -0.05) is 0 Å². The molecule has 0 aliphatic carbocycles. The SMILES string of the molecule is CC(=O)N(CCN1CCOCC1)C1CCN(C(=O)c2ccco2)C1. The van der Waals surface area contributed by atoms with Crippen molar-refractivity contribution in [3.05, 3.63) is 24.2 Å². The van der Waals surface area contributed by atoms with Crippen LogP contribution in [-0.2, 0) is 9.53 Å². The van der Waals surface area contributed by atoms with E-state index in [0.29, 0.717) is 25.4 Å². The zero-order chi connectivity index (χ0) is 16.9. The van der Waals surface area contributed by atoms with Crippen LogP contribution in [0.25, 0.3) is 0 Å². The molecule has 7 heteroatoms. The number of rotatable bonds is 5. The summed E-state index contributed by atoms with van der Waals surface area (Å²) >= 11 is 0. The summed E-state index contributed by atoms with van der Waals surface area (Å²) in [5.41, 5.74) is 0. The highest BCUT2D eigenvalue weighted by atomic mass is 16.5. The van der Waals surface area contributed by atoms with Gasteiger partial charge >= 0.3 is 0 Å². The van der Waals surface area contributed by atoms with E-state index in [0.717, 1.165) is 39.3 Å². The fourth-order valence-electron chi connectivity index (χ4n) is 3.41. The fourth-order valence-corrected chi connectivity index (χ4v) is 3.41. The summed E-state index contributed by atoms with van der Waals surface area (Å²) in [5.74, 6) is 0.332. The Balaban J connectivity index is 1.54. The first-order valence-electron chi connectivity index (χ1n) is 8.55. The maximum atomic E-state index is 12.4. The smallest absolute Gasteiger partial charge is 0.289 e. The van der Waals surface area contributed by atoms with Crippen LogP contribution in [0.3, 0.4) is 0 Å². The Morgan fingerprint density at radius 3 is 2.75 bits per heavy atom. The molecule has 1 aromatic heterocycles. The lowest BCUT2D eigenvalue weighted by atomic mass is 10.2. The van der Waals surface area contributed by atoms with E-state index in [2.05, 4.69) is 4.90 Å². The molecule has 0 bridgehead atoms. The van der Waals surface area contributed by atoms with Crippen LogP contribution in [0.2, 0.25) is 0 Å². The zero-order valence-corrected chi connectivity index (χ0v) is 14.1. The molecule has 0 saturated carbocycles. The highest BCUT2D eigenvalue weighted by molar-refractivity contribution is 5.91. The second-order valence-corrected chi connectivity index (χ2v) is 6.34. The van der Waals surface area contributed by atoms with Crippen molar-refractivity contribution < 1.29 is 18.7 Å². The van der Waals surface area contributed by atoms with Crippen LogP contribution in [0.4, 0.5) is 0 Å². The Morgan fingerprint density at radius 2 is 2.08 bits per heavy atom. The quantitative estimate of drug-likeness (QED) is 0.791. The van der Waals surface area contributed by atoms with E-state index in [-0.39, 0.29) is 17.9 Å². The summed E-state index contributed by atoms with van der Waals surface area (Å²) in [6, 6.07) is 3.48. The zero-order valence-electron chi connectivity index (χ0n) is 14.1. The van der Waals surface area contributed by atoms with Crippen molar-refractivity contribution in [2.75, 3.05) is 52.5 Å². The number of morpholine rings is 1. The molecule has 7 nitrogen and oxygen atoms in total. The van der Waals surface area contributed by atoms with E-state index >= 15 is 0 Å². The van der Waals surface area contributed by atoms with Crippen molar-refractivity contribution in [3.8, 4) is 0 Å². The van der Waals surface area contributed by atoms with E-state index in [4.69, 9.17) is 9.15 Å². The van der Waals surface area contributed by atoms with Gasteiger partial charge in [-0.05, 0) is 18.6 Å². The topological polar surface area (TPSA) is 66.2 Å². The van der Waals surface area contributed by atoms with Crippen LogP contribution in [0.5, 0.6) is 0 Å². The summed E-state index contributed by atoms with van der Waals surface area (Å²) in [4.78, 5) is 30.4. The summed E-state index contributed by atoms with van der Waals surface area (Å²) in [7, 11) is 0. The van der Waals surface area contributed by atoms with Crippen LogP contribution in [0.15, 0.2) is 22.8 Å². The Hall–Kier alpha value is -1.86. The molecule has 2 amide bonds. The molecule has 0 radical (unpaired) electrons. The third-order valence-corrected chi connectivity index (χ3v) is 4.79. The maximum absolute atomic E-state index is 12.4. The van der Waals surface area contributed by atoms with Crippen molar-refractivity contribution in [1.82, 2.24) is 14.7 Å². The van der Waals surface area contributed by atoms with Gasteiger partial charge in [0.2, 0.25) is 5.91 Å². The third kappa shape index (κ3) is 3.96. The number of carbonyl (C=O) groups excluding carboxylic acids is 2. The molecule has 0 spiro atoms. The molecule has 0 N–H and O–H groups in total. The third-order valence-electron chi connectivity index (χ3n) is 4.79. The first-order chi connectivity index (χ1) is 11.6. The van der Waals surface area contributed by atoms with Crippen LogP contribution in [0.1, 0.15) is 23.9 Å². The predicted molar refractivity (Wildman–Crippen MR) is 87.7 cm³/mol. The minimum absolute atomic E-state index is 0.0700. The molecule has 1 unspecified atom stereocenters. The van der Waals surface area contributed by atoms with Crippen molar-refractivity contribution in [3.63, 3.8) is 0 Å². The average molecular weight is 335 g/mol. The second-order valence-electron chi connectivity index (χ2n) is 6.34. The second kappa shape index (κ2) is 7.81. The highest BCUT2D eigenvalue weighted by Gasteiger charge is 2.33.